The summed E-state index contributed by atoms with van der Waals surface area (Å²) in [6.07, 6.45) is 1.03. The molecule has 0 bridgehead atoms. The van der Waals surface area contributed by atoms with Crippen molar-refractivity contribution in [1.82, 2.24) is 5.32 Å². The molecule has 0 spiro atoms. The van der Waals surface area contributed by atoms with Crippen LogP contribution in [0.5, 0.6) is 0 Å². The van der Waals surface area contributed by atoms with Crippen molar-refractivity contribution in [3.8, 4) is 0 Å². The molecular weight excluding hydrogens is 317 g/mol. The smallest absolute Gasteiger partial charge is 0.124 e. The number of hydrogen-bond acceptors (Lipinski definition) is 1. The van der Waals surface area contributed by atoms with E-state index in [9.17, 15) is 4.39 Å². The van der Waals surface area contributed by atoms with Gasteiger partial charge in [0.2, 0.25) is 0 Å². The molecule has 0 amide bonds. The summed E-state index contributed by atoms with van der Waals surface area (Å²) in [5.41, 5.74) is 3.76. The molecule has 0 aliphatic rings. The van der Waals surface area contributed by atoms with Crippen LogP contribution in [0.4, 0.5) is 4.39 Å². The molecule has 0 heterocycles. The van der Waals surface area contributed by atoms with Crippen LogP contribution in [0.15, 0.2) is 46.9 Å². The molecule has 20 heavy (non-hydrogen) atoms. The van der Waals surface area contributed by atoms with Crippen molar-refractivity contribution in [2.75, 3.05) is 0 Å². The summed E-state index contributed by atoms with van der Waals surface area (Å²) in [4.78, 5) is 0. The SMILES string of the molecule is CCc1ccccc1CNC(C)c1ccc(F)cc1Br. The maximum Gasteiger partial charge on any atom is 0.124 e. The first-order valence-electron chi connectivity index (χ1n) is 6.87. The third-order valence-corrected chi connectivity index (χ3v) is 4.21. The van der Waals surface area contributed by atoms with Gasteiger partial charge in [-0.25, -0.2) is 4.39 Å². The van der Waals surface area contributed by atoms with Gasteiger partial charge in [-0.05, 0) is 42.2 Å². The average Bonchev–Trinajstić information content (AvgIpc) is 2.45. The van der Waals surface area contributed by atoms with Gasteiger partial charge in [-0.15, -0.1) is 0 Å². The lowest BCUT2D eigenvalue weighted by atomic mass is 10.0. The topological polar surface area (TPSA) is 12.0 Å². The third-order valence-electron chi connectivity index (χ3n) is 3.53. The van der Waals surface area contributed by atoms with E-state index in [2.05, 4.69) is 59.4 Å². The van der Waals surface area contributed by atoms with Crippen molar-refractivity contribution in [3.05, 3.63) is 69.4 Å². The first-order chi connectivity index (χ1) is 9.61. The van der Waals surface area contributed by atoms with Gasteiger partial charge in [0, 0.05) is 17.1 Å². The van der Waals surface area contributed by atoms with Gasteiger partial charge in [-0.1, -0.05) is 53.2 Å². The summed E-state index contributed by atoms with van der Waals surface area (Å²) in [7, 11) is 0. The summed E-state index contributed by atoms with van der Waals surface area (Å²) >= 11 is 3.42. The van der Waals surface area contributed by atoms with Crippen molar-refractivity contribution >= 4 is 15.9 Å². The van der Waals surface area contributed by atoms with E-state index in [1.807, 2.05) is 6.07 Å². The second-order valence-corrected chi connectivity index (χ2v) is 5.75. The number of rotatable bonds is 5. The fourth-order valence-electron chi connectivity index (χ4n) is 2.30. The van der Waals surface area contributed by atoms with Gasteiger partial charge in [0.05, 0.1) is 0 Å². The zero-order valence-electron chi connectivity index (χ0n) is 11.8. The molecule has 1 nitrogen and oxygen atoms in total. The number of aryl methyl sites for hydroxylation is 1. The minimum absolute atomic E-state index is 0.162. The molecule has 1 N–H and O–H groups in total. The van der Waals surface area contributed by atoms with Crippen LogP contribution in [0.3, 0.4) is 0 Å². The molecule has 0 saturated heterocycles. The van der Waals surface area contributed by atoms with E-state index in [0.717, 1.165) is 23.0 Å². The summed E-state index contributed by atoms with van der Waals surface area (Å²) in [6.45, 7) is 5.07. The van der Waals surface area contributed by atoms with E-state index in [4.69, 9.17) is 0 Å². The first kappa shape index (κ1) is 15.2. The van der Waals surface area contributed by atoms with Gasteiger partial charge in [0.1, 0.15) is 5.82 Å². The van der Waals surface area contributed by atoms with Crippen molar-refractivity contribution in [3.63, 3.8) is 0 Å². The molecule has 0 fully saturated rings. The van der Waals surface area contributed by atoms with E-state index in [-0.39, 0.29) is 11.9 Å². The molecule has 0 saturated carbocycles. The first-order valence-corrected chi connectivity index (χ1v) is 7.66. The van der Waals surface area contributed by atoms with Crippen molar-refractivity contribution in [2.24, 2.45) is 0 Å². The fourth-order valence-corrected chi connectivity index (χ4v) is 2.99. The van der Waals surface area contributed by atoms with Crippen LogP contribution in [-0.2, 0) is 13.0 Å². The van der Waals surface area contributed by atoms with E-state index in [0.29, 0.717) is 0 Å². The van der Waals surface area contributed by atoms with Crippen LogP contribution in [-0.4, -0.2) is 0 Å². The lowest BCUT2D eigenvalue weighted by Crippen LogP contribution is -2.19. The van der Waals surface area contributed by atoms with Crippen LogP contribution >= 0.6 is 15.9 Å². The molecule has 0 aliphatic heterocycles. The quantitative estimate of drug-likeness (QED) is 0.810. The highest BCUT2D eigenvalue weighted by atomic mass is 79.9. The Hall–Kier alpha value is -1.19. The molecule has 2 aromatic rings. The Morgan fingerprint density at radius 2 is 1.85 bits per heavy atom. The fraction of sp³-hybridized carbons (Fsp3) is 0.294. The Morgan fingerprint density at radius 3 is 2.50 bits per heavy atom. The van der Waals surface area contributed by atoms with Gasteiger partial charge in [0.15, 0.2) is 0 Å². The van der Waals surface area contributed by atoms with Gasteiger partial charge in [0.25, 0.3) is 0 Å². The third kappa shape index (κ3) is 3.68. The standard InChI is InChI=1S/C17H19BrFN/c1-3-13-6-4-5-7-14(13)11-20-12(2)16-9-8-15(19)10-17(16)18/h4-10,12,20H,3,11H2,1-2H3. The van der Waals surface area contributed by atoms with Gasteiger partial charge < -0.3 is 5.32 Å². The molecule has 0 aliphatic carbocycles. The normalized spacial score (nSPS) is 12.4. The van der Waals surface area contributed by atoms with Crippen LogP contribution in [0.25, 0.3) is 0 Å². The predicted octanol–water partition coefficient (Wildman–Crippen LogP) is 5.00. The van der Waals surface area contributed by atoms with Crippen LogP contribution in [0.1, 0.15) is 36.6 Å². The molecular formula is C17H19BrFN. The highest BCUT2D eigenvalue weighted by Gasteiger charge is 2.10. The van der Waals surface area contributed by atoms with Gasteiger partial charge in [-0.3, -0.25) is 0 Å². The maximum absolute atomic E-state index is 13.1. The lowest BCUT2D eigenvalue weighted by molar-refractivity contribution is 0.567. The molecule has 2 aromatic carbocycles. The summed E-state index contributed by atoms with van der Waals surface area (Å²) in [6, 6.07) is 13.4. The Balaban J connectivity index is 2.06. The summed E-state index contributed by atoms with van der Waals surface area (Å²) in [5, 5.41) is 3.50. The highest BCUT2D eigenvalue weighted by Crippen LogP contribution is 2.24. The molecule has 0 radical (unpaired) electrons. The largest absolute Gasteiger partial charge is 0.306 e. The van der Waals surface area contributed by atoms with Crippen molar-refractivity contribution < 1.29 is 4.39 Å². The molecule has 0 aromatic heterocycles. The second kappa shape index (κ2) is 7.00. The Labute approximate surface area is 128 Å². The highest BCUT2D eigenvalue weighted by molar-refractivity contribution is 9.10. The molecule has 106 valence electrons. The van der Waals surface area contributed by atoms with Crippen molar-refractivity contribution in [1.29, 1.82) is 0 Å². The molecule has 3 heteroatoms. The van der Waals surface area contributed by atoms with Crippen LogP contribution < -0.4 is 5.32 Å². The zero-order chi connectivity index (χ0) is 14.5. The monoisotopic (exact) mass is 335 g/mol. The Morgan fingerprint density at radius 1 is 1.15 bits per heavy atom. The average molecular weight is 336 g/mol. The summed E-state index contributed by atoms with van der Waals surface area (Å²) in [5.74, 6) is -0.218. The molecule has 2 rings (SSSR count). The van der Waals surface area contributed by atoms with Crippen LogP contribution in [0, 0.1) is 5.82 Å². The second-order valence-electron chi connectivity index (χ2n) is 4.89. The molecule has 1 atom stereocenters. The van der Waals surface area contributed by atoms with E-state index in [1.54, 1.807) is 0 Å². The number of nitrogens with one attached hydrogen (secondary N) is 1. The molecule has 1 unspecified atom stereocenters. The predicted molar refractivity (Wildman–Crippen MR) is 85.2 cm³/mol. The minimum atomic E-state index is -0.218. The summed E-state index contributed by atoms with van der Waals surface area (Å²) < 4.78 is 13.9. The number of benzene rings is 2. The Kier molecular flexibility index (Phi) is 5.32. The maximum atomic E-state index is 13.1. The minimum Gasteiger partial charge on any atom is -0.306 e. The Bertz CT molecular complexity index is 583. The van der Waals surface area contributed by atoms with E-state index >= 15 is 0 Å². The lowest BCUT2D eigenvalue weighted by Gasteiger charge is -2.17. The zero-order valence-corrected chi connectivity index (χ0v) is 13.4. The number of hydrogen-bond donors (Lipinski definition) is 1. The van der Waals surface area contributed by atoms with E-state index < -0.39 is 0 Å². The van der Waals surface area contributed by atoms with Gasteiger partial charge >= 0.3 is 0 Å². The van der Waals surface area contributed by atoms with Crippen LogP contribution in [0.2, 0.25) is 0 Å². The van der Waals surface area contributed by atoms with Gasteiger partial charge in [-0.2, -0.15) is 0 Å². The number of halogens is 2. The van der Waals surface area contributed by atoms with E-state index in [1.165, 1.54) is 23.3 Å². The van der Waals surface area contributed by atoms with Crippen molar-refractivity contribution in [2.45, 2.75) is 32.9 Å².